The van der Waals surface area contributed by atoms with Crippen LogP contribution >= 0.6 is 0 Å². The van der Waals surface area contributed by atoms with E-state index in [4.69, 9.17) is 10.5 Å². The standard InChI is InChI=1S/C57H64N8O9/c1-57(2,3)74-55(72)60-42-21-20-39-29-36(28-34-17-15-33(16-18-34)27-35-19-23-43-45(31-35)63(4)56(73)64(43)44-24-26-48(67)61-52(44)69)30-40-32-46(65(50(39)40)54(42)71)53(70)59-41(22-25-47(58)66)51(68)62-49(37-11-7-5-8-12-37)38-13-9-6-10-14-38/h5-14,19,23,28-31,33,41-42,44,46,49H,15-18,20-22,24-27,32H2,1-4H3,(H2,58,66)(H,59,70)(H,60,72)(H,62,68)(H,61,67,69)/t33?,41-,42-,44?,46-/m0/s1. The number of hydrogen-bond donors (Lipinski definition) is 5. The topological polar surface area (TPSA) is 233 Å². The van der Waals surface area contributed by atoms with E-state index in [-0.39, 0.29) is 50.1 Å². The van der Waals surface area contributed by atoms with Crippen LogP contribution in [0.15, 0.2) is 101 Å². The van der Waals surface area contributed by atoms with Gasteiger partial charge in [-0.3, -0.25) is 48.1 Å². The Morgan fingerprint density at radius 3 is 2.14 bits per heavy atom. The Kier molecular flexibility index (Phi) is 14.7. The zero-order valence-electron chi connectivity index (χ0n) is 42.3. The first-order valence-corrected chi connectivity index (χ1v) is 25.6. The first-order chi connectivity index (χ1) is 35.4. The molecule has 1 saturated carbocycles. The molecule has 7 amide bonds. The van der Waals surface area contributed by atoms with E-state index >= 15 is 0 Å². The summed E-state index contributed by atoms with van der Waals surface area (Å²) in [4.78, 5) is 109. The van der Waals surface area contributed by atoms with Crippen LogP contribution in [0.25, 0.3) is 17.1 Å². The third-order valence-electron chi connectivity index (χ3n) is 14.7. The molecule has 17 heteroatoms. The van der Waals surface area contributed by atoms with Gasteiger partial charge in [-0.15, -0.1) is 0 Å². The minimum absolute atomic E-state index is 0.0830. The number of aryl methyl sites for hydroxylation is 2. The zero-order valence-corrected chi connectivity index (χ0v) is 42.3. The van der Waals surface area contributed by atoms with Gasteiger partial charge >= 0.3 is 11.8 Å². The van der Waals surface area contributed by atoms with Crippen LogP contribution < -0.4 is 37.6 Å². The lowest BCUT2D eigenvalue weighted by atomic mass is 9.81. The second kappa shape index (κ2) is 21.3. The lowest BCUT2D eigenvalue weighted by Crippen LogP contribution is -2.57. The lowest BCUT2D eigenvalue weighted by Gasteiger charge is -2.30. The number of aromatic nitrogens is 2. The number of anilines is 1. The predicted octanol–water partition coefficient (Wildman–Crippen LogP) is 5.89. The number of imide groups is 1. The molecule has 0 bridgehead atoms. The molecule has 386 valence electrons. The molecular weight excluding hydrogens is 941 g/mol. The molecule has 5 aromatic rings. The summed E-state index contributed by atoms with van der Waals surface area (Å²) in [6, 6.07) is 24.3. The van der Waals surface area contributed by atoms with Gasteiger partial charge in [0.25, 0.3) is 0 Å². The van der Waals surface area contributed by atoms with E-state index in [9.17, 15) is 38.4 Å². The number of benzene rings is 4. The molecule has 1 aliphatic carbocycles. The van der Waals surface area contributed by atoms with E-state index in [0.717, 1.165) is 71.0 Å². The summed E-state index contributed by atoms with van der Waals surface area (Å²) < 4.78 is 8.62. The van der Waals surface area contributed by atoms with Crippen molar-refractivity contribution in [1.29, 1.82) is 0 Å². The molecule has 1 aromatic heterocycles. The van der Waals surface area contributed by atoms with Crippen molar-refractivity contribution >= 4 is 64.3 Å². The Morgan fingerprint density at radius 2 is 1.49 bits per heavy atom. The Morgan fingerprint density at radius 1 is 0.811 bits per heavy atom. The van der Waals surface area contributed by atoms with Crippen LogP contribution in [-0.2, 0) is 59.8 Å². The van der Waals surface area contributed by atoms with Crippen molar-refractivity contribution in [1.82, 2.24) is 30.4 Å². The molecule has 4 aromatic carbocycles. The van der Waals surface area contributed by atoms with E-state index < -0.39 is 71.4 Å². The van der Waals surface area contributed by atoms with E-state index in [0.29, 0.717) is 23.5 Å². The Balaban J connectivity index is 0.939. The van der Waals surface area contributed by atoms with Crippen molar-refractivity contribution in [3.63, 3.8) is 0 Å². The minimum atomic E-state index is -1.19. The number of hydrogen-bond acceptors (Lipinski definition) is 9. The second-order valence-electron chi connectivity index (χ2n) is 21.1. The summed E-state index contributed by atoms with van der Waals surface area (Å²) in [7, 11) is 1.70. The summed E-state index contributed by atoms with van der Waals surface area (Å²) in [6.07, 6.45) is 6.90. The number of alkyl carbamates (subject to hydrolysis) is 1. The smallest absolute Gasteiger partial charge is 0.408 e. The number of fused-ring (bicyclic) bond motifs is 1. The number of allylic oxidation sites excluding steroid dienone is 1. The van der Waals surface area contributed by atoms with Crippen molar-refractivity contribution in [2.45, 2.75) is 134 Å². The summed E-state index contributed by atoms with van der Waals surface area (Å²) >= 11 is 0. The number of rotatable bonds is 14. The quantitative estimate of drug-likeness (QED) is 0.0834. The Hall–Kier alpha value is -7.82. The summed E-state index contributed by atoms with van der Waals surface area (Å²) in [5.41, 5.74) is 13.1. The number of carbonyl (C=O) groups excluding carboxylic acids is 7. The molecule has 1 saturated heterocycles. The van der Waals surface area contributed by atoms with Gasteiger partial charge in [0.2, 0.25) is 35.4 Å². The third kappa shape index (κ3) is 11.2. The van der Waals surface area contributed by atoms with Gasteiger partial charge in [-0.2, -0.15) is 0 Å². The predicted molar refractivity (Wildman–Crippen MR) is 278 cm³/mol. The maximum Gasteiger partial charge on any atom is 0.408 e. The molecule has 6 N–H and O–H groups in total. The molecule has 4 atom stereocenters. The van der Waals surface area contributed by atoms with Crippen molar-refractivity contribution in [3.05, 3.63) is 140 Å². The van der Waals surface area contributed by atoms with Gasteiger partial charge < -0.3 is 26.4 Å². The highest BCUT2D eigenvalue weighted by molar-refractivity contribution is 6.08. The Labute approximate surface area is 429 Å². The first-order valence-electron chi connectivity index (χ1n) is 25.6. The maximum absolute atomic E-state index is 14.8. The monoisotopic (exact) mass is 1000 g/mol. The highest BCUT2D eigenvalue weighted by atomic mass is 16.6. The van der Waals surface area contributed by atoms with Gasteiger partial charge in [-0.25, -0.2) is 9.59 Å². The lowest BCUT2D eigenvalue weighted by molar-refractivity contribution is -0.136. The molecule has 0 radical (unpaired) electrons. The molecule has 0 spiro atoms. The maximum atomic E-state index is 14.8. The molecule has 4 heterocycles. The second-order valence-corrected chi connectivity index (χ2v) is 21.1. The van der Waals surface area contributed by atoms with E-state index in [2.05, 4.69) is 33.4 Å². The number of ether oxygens (including phenoxy) is 1. The number of carbonyl (C=O) groups is 7. The average Bonchev–Trinajstić information content (AvgIpc) is 3.83. The van der Waals surface area contributed by atoms with Gasteiger partial charge in [0, 0.05) is 26.3 Å². The number of nitrogens with zero attached hydrogens (tertiary/aromatic N) is 3. The Bertz CT molecular complexity index is 3070. The van der Waals surface area contributed by atoms with Crippen LogP contribution in [0.3, 0.4) is 0 Å². The fourth-order valence-electron chi connectivity index (χ4n) is 11.1. The highest BCUT2D eigenvalue weighted by Crippen LogP contribution is 2.42. The highest BCUT2D eigenvalue weighted by Gasteiger charge is 2.45. The molecule has 17 nitrogen and oxygen atoms in total. The summed E-state index contributed by atoms with van der Waals surface area (Å²) in [6.45, 7) is 5.20. The molecule has 9 rings (SSSR count). The van der Waals surface area contributed by atoms with Crippen molar-refractivity contribution in [3.8, 4) is 0 Å². The van der Waals surface area contributed by atoms with Crippen molar-refractivity contribution < 1.29 is 38.3 Å². The van der Waals surface area contributed by atoms with Crippen LogP contribution in [-0.4, -0.2) is 74.4 Å². The van der Waals surface area contributed by atoms with Gasteiger partial charge in [0.1, 0.15) is 29.8 Å². The number of piperidine rings is 1. The van der Waals surface area contributed by atoms with E-state index in [1.807, 2.05) is 84.9 Å². The van der Waals surface area contributed by atoms with Crippen LogP contribution in [0.1, 0.15) is 124 Å². The van der Waals surface area contributed by atoms with Crippen LogP contribution in [0.4, 0.5) is 10.5 Å². The molecule has 1 unspecified atom stereocenters. The molecular formula is C57H64N8O9. The number of imidazole rings is 1. The normalized spacial score (nSPS) is 20.1. The number of amides is 7. The van der Waals surface area contributed by atoms with Crippen LogP contribution in [0.5, 0.6) is 0 Å². The number of primary amides is 1. The van der Waals surface area contributed by atoms with Gasteiger partial charge in [0.15, 0.2) is 0 Å². The summed E-state index contributed by atoms with van der Waals surface area (Å²) in [5, 5.41) is 11.1. The SMILES string of the molecule is Cn1c(=O)n(C2CCC(=O)NC2=O)c2ccc(CC3CCC(=Cc4cc5c6c(c4)C[C@@H](C(=O)N[C@@H](CCC(N)=O)C(=O)NC(c4ccccc4)c4ccccc4)N6C(=O)[C@@H](NC(=O)OC(C)(C)C)CC5)CC3)cc21. The number of nitrogens with one attached hydrogen (secondary N) is 4. The summed E-state index contributed by atoms with van der Waals surface area (Å²) in [5.74, 6) is -2.64. The van der Waals surface area contributed by atoms with Gasteiger partial charge in [-0.05, 0) is 142 Å². The first kappa shape index (κ1) is 51.1. The van der Waals surface area contributed by atoms with Gasteiger partial charge in [-0.1, -0.05) is 78.4 Å². The molecule has 74 heavy (non-hydrogen) atoms. The van der Waals surface area contributed by atoms with E-state index in [1.165, 1.54) is 15.0 Å². The average molecular weight is 1010 g/mol. The molecule has 3 aliphatic heterocycles. The fourth-order valence-corrected chi connectivity index (χ4v) is 11.1. The van der Waals surface area contributed by atoms with Crippen molar-refractivity contribution in [2.75, 3.05) is 4.90 Å². The third-order valence-corrected chi connectivity index (χ3v) is 14.7. The van der Waals surface area contributed by atoms with Crippen LogP contribution in [0.2, 0.25) is 0 Å². The molecule has 2 fully saturated rings. The van der Waals surface area contributed by atoms with Crippen LogP contribution in [0, 0.1) is 5.92 Å². The zero-order chi connectivity index (χ0) is 52.4. The fraction of sp³-hybridized carbons (Fsp3) is 0.404. The van der Waals surface area contributed by atoms with Crippen molar-refractivity contribution in [2.24, 2.45) is 18.7 Å². The van der Waals surface area contributed by atoms with E-state index in [1.54, 1.807) is 32.4 Å². The largest absolute Gasteiger partial charge is 0.444 e. The van der Waals surface area contributed by atoms with Gasteiger partial charge in [0.05, 0.1) is 22.8 Å². The number of nitrogens with two attached hydrogens (primary N) is 1. The molecule has 4 aliphatic rings. The minimum Gasteiger partial charge on any atom is -0.444 e.